The van der Waals surface area contributed by atoms with Crippen LogP contribution in [0, 0.1) is 0 Å². The molecule has 3 aromatic rings. The molecule has 174 valence electrons. The summed E-state index contributed by atoms with van der Waals surface area (Å²) in [5.74, 6) is 0.103. The smallest absolute Gasteiger partial charge is 0.234 e. The van der Waals surface area contributed by atoms with E-state index in [0.29, 0.717) is 6.54 Å². The Labute approximate surface area is 197 Å². The molecule has 1 fully saturated rings. The first-order valence-corrected chi connectivity index (χ1v) is 11.8. The molecule has 1 aliphatic rings. The van der Waals surface area contributed by atoms with Crippen LogP contribution in [0.25, 0.3) is 16.9 Å². The van der Waals surface area contributed by atoms with Crippen LogP contribution in [0.3, 0.4) is 0 Å². The van der Waals surface area contributed by atoms with Crippen LogP contribution in [-0.4, -0.2) is 63.8 Å². The van der Waals surface area contributed by atoms with Crippen molar-refractivity contribution in [3.8, 4) is 16.9 Å². The van der Waals surface area contributed by atoms with Gasteiger partial charge in [0.2, 0.25) is 5.91 Å². The fraction of sp³-hybridized carbons (Fsp3) is 0.407. The Morgan fingerprint density at radius 3 is 2.24 bits per heavy atom. The van der Waals surface area contributed by atoms with Gasteiger partial charge in [0.1, 0.15) is 0 Å². The molecule has 2 heterocycles. The molecule has 0 spiro atoms. The number of carbonyl (C=O) groups is 1. The van der Waals surface area contributed by atoms with Gasteiger partial charge in [-0.25, -0.2) is 4.68 Å². The van der Waals surface area contributed by atoms with Crippen LogP contribution in [0.5, 0.6) is 0 Å². The van der Waals surface area contributed by atoms with Crippen molar-refractivity contribution in [1.29, 1.82) is 0 Å². The van der Waals surface area contributed by atoms with E-state index < -0.39 is 0 Å². The zero-order valence-electron chi connectivity index (χ0n) is 20.0. The molecule has 0 bridgehead atoms. The van der Waals surface area contributed by atoms with Crippen LogP contribution in [0.15, 0.2) is 66.9 Å². The summed E-state index contributed by atoms with van der Waals surface area (Å²) >= 11 is 0. The van der Waals surface area contributed by atoms with Gasteiger partial charge in [-0.05, 0) is 52.4 Å². The molecule has 1 N–H and O–H groups in total. The van der Waals surface area contributed by atoms with Crippen molar-refractivity contribution in [2.24, 2.45) is 0 Å². The van der Waals surface area contributed by atoms with Gasteiger partial charge in [-0.1, -0.05) is 48.5 Å². The van der Waals surface area contributed by atoms with Gasteiger partial charge in [0.05, 0.1) is 17.9 Å². The number of carbonyl (C=O) groups excluding carboxylic acids is 1. The number of benzene rings is 2. The number of hydrogen-bond donors (Lipinski definition) is 1. The maximum absolute atomic E-state index is 12.4. The first-order valence-electron chi connectivity index (χ1n) is 11.8. The number of amides is 1. The summed E-state index contributed by atoms with van der Waals surface area (Å²) in [6, 6.07) is 20.7. The van der Waals surface area contributed by atoms with Gasteiger partial charge in [0, 0.05) is 42.5 Å². The Hall–Kier alpha value is -2.96. The van der Waals surface area contributed by atoms with Gasteiger partial charge < -0.3 is 5.32 Å². The highest BCUT2D eigenvalue weighted by Gasteiger charge is 2.21. The van der Waals surface area contributed by atoms with Crippen LogP contribution in [0.4, 0.5) is 0 Å². The third-order valence-electron chi connectivity index (χ3n) is 5.81. The van der Waals surface area contributed by atoms with Gasteiger partial charge in [-0.15, -0.1) is 0 Å². The Balaban J connectivity index is 1.47. The minimum atomic E-state index is -0.193. The quantitative estimate of drug-likeness (QED) is 0.624. The lowest BCUT2D eigenvalue weighted by molar-refractivity contribution is -0.123. The van der Waals surface area contributed by atoms with Gasteiger partial charge in [-0.3, -0.25) is 14.6 Å². The third-order valence-corrected chi connectivity index (χ3v) is 5.81. The molecule has 33 heavy (non-hydrogen) atoms. The first kappa shape index (κ1) is 23.2. The molecule has 6 nitrogen and oxygen atoms in total. The molecular weight excluding hydrogens is 410 g/mol. The summed E-state index contributed by atoms with van der Waals surface area (Å²) in [6.45, 7) is 11.2. The number of para-hydroxylation sites is 1. The van der Waals surface area contributed by atoms with Crippen LogP contribution in [-0.2, 0) is 11.3 Å². The zero-order chi connectivity index (χ0) is 23.3. The number of nitrogens with one attached hydrogen (secondary N) is 1. The van der Waals surface area contributed by atoms with Crippen molar-refractivity contribution in [3.63, 3.8) is 0 Å². The average Bonchev–Trinajstić information content (AvgIpc) is 3.08. The van der Waals surface area contributed by atoms with Gasteiger partial charge in [-0.2, -0.15) is 5.10 Å². The van der Waals surface area contributed by atoms with Crippen LogP contribution >= 0.6 is 0 Å². The predicted molar refractivity (Wildman–Crippen MR) is 133 cm³/mol. The van der Waals surface area contributed by atoms with Crippen molar-refractivity contribution in [1.82, 2.24) is 24.9 Å². The maximum atomic E-state index is 12.4. The van der Waals surface area contributed by atoms with E-state index in [9.17, 15) is 4.79 Å². The lowest BCUT2D eigenvalue weighted by Crippen LogP contribution is -2.46. The zero-order valence-corrected chi connectivity index (χ0v) is 20.0. The Bertz CT molecular complexity index is 1040. The van der Waals surface area contributed by atoms with Crippen LogP contribution in [0.1, 0.15) is 32.8 Å². The minimum absolute atomic E-state index is 0.103. The summed E-state index contributed by atoms with van der Waals surface area (Å²) in [5.41, 5.74) is 4.27. The molecule has 1 aliphatic heterocycles. The number of nitrogens with zero attached hydrogens (tertiary/aromatic N) is 4. The largest absolute Gasteiger partial charge is 0.350 e. The maximum Gasteiger partial charge on any atom is 0.234 e. The van der Waals surface area contributed by atoms with Crippen molar-refractivity contribution >= 4 is 5.91 Å². The topological polar surface area (TPSA) is 53.4 Å². The molecule has 1 saturated heterocycles. The molecule has 0 atom stereocenters. The van der Waals surface area contributed by atoms with E-state index in [2.05, 4.69) is 57.7 Å². The van der Waals surface area contributed by atoms with Gasteiger partial charge >= 0.3 is 0 Å². The number of aromatic nitrogens is 2. The van der Waals surface area contributed by atoms with Gasteiger partial charge in [0.25, 0.3) is 0 Å². The monoisotopic (exact) mass is 445 g/mol. The van der Waals surface area contributed by atoms with E-state index in [4.69, 9.17) is 5.10 Å². The second kappa shape index (κ2) is 10.3. The fourth-order valence-corrected chi connectivity index (χ4v) is 4.32. The van der Waals surface area contributed by atoms with E-state index >= 15 is 0 Å². The Morgan fingerprint density at radius 1 is 0.909 bits per heavy atom. The molecular formula is C27H35N5O. The molecule has 4 rings (SSSR count). The molecule has 2 aromatic carbocycles. The summed E-state index contributed by atoms with van der Waals surface area (Å²) in [5, 5.41) is 8.03. The summed E-state index contributed by atoms with van der Waals surface area (Å²) in [6.07, 6.45) is 3.22. The molecule has 0 unspecified atom stereocenters. The Morgan fingerprint density at radius 2 is 1.55 bits per heavy atom. The molecule has 0 radical (unpaired) electrons. The van der Waals surface area contributed by atoms with E-state index in [-0.39, 0.29) is 11.4 Å². The highest BCUT2D eigenvalue weighted by atomic mass is 16.2. The predicted octanol–water partition coefficient (Wildman–Crippen LogP) is 3.96. The molecule has 0 saturated carbocycles. The van der Waals surface area contributed by atoms with Crippen LogP contribution < -0.4 is 5.32 Å². The first-order chi connectivity index (χ1) is 15.9. The van der Waals surface area contributed by atoms with Crippen LogP contribution in [0.2, 0.25) is 0 Å². The van der Waals surface area contributed by atoms with E-state index in [1.165, 1.54) is 5.56 Å². The second-order valence-corrected chi connectivity index (χ2v) is 9.85. The van der Waals surface area contributed by atoms with Gasteiger partial charge in [0.15, 0.2) is 0 Å². The number of hydrogen-bond acceptors (Lipinski definition) is 4. The summed E-state index contributed by atoms with van der Waals surface area (Å²) < 4.78 is 1.98. The number of rotatable bonds is 6. The van der Waals surface area contributed by atoms with Crippen molar-refractivity contribution in [3.05, 3.63) is 72.4 Å². The summed E-state index contributed by atoms with van der Waals surface area (Å²) in [4.78, 5) is 17.1. The summed E-state index contributed by atoms with van der Waals surface area (Å²) in [7, 11) is 0. The fourth-order valence-electron chi connectivity index (χ4n) is 4.32. The molecule has 0 aliphatic carbocycles. The minimum Gasteiger partial charge on any atom is -0.350 e. The van der Waals surface area contributed by atoms with E-state index in [1.807, 2.05) is 49.7 Å². The van der Waals surface area contributed by atoms with E-state index in [0.717, 1.165) is 56.1 Å². The SMILES string of the molecule is CC(C)(C)NC(=O)CN1CCCN(Cc2cn(-c3ccccc3)nc2-c2ccccc2)CC1. The lowest BCUT2D eigenvalue weighted by atomic mass is 10.1. The normalized spacial score (nSPS) is 15.8. The Kier molecular flexibility index (Phi) is 7.26. The molecule has 6 heteroatoms. The molecule has 1 aromatic heterocycles. The highest BCUT2D eigenvalue weighted by molar-refractivity contribution is 5.78. The average molecular weight is 446 g/mol. The van der Waals surface area contributed by atoms with E-state index in [1.54, 1.807) is 0 Å². The molecule has 1 amide bonds. The van der Waals surface area contributed by atoms with Crippen molar-refractivity contribution in [2.45, 2.75) is 39.3 Å². The second-order valence-electron chi connectivity index (χ2n) is 9.85. The van der Waals surface area contributed by atoms with Crippen molar-refractivity contribution in [2.75, 3.05) is 32.7 Å². The van der Waals surface area contributed by atoms with Crippen molar-refractivity contribution < 1.29 is 4.79 Å². The third kappa shape index (κ3) is 6.53. The highest BCUT2D eigenvalue weighted by Crippen LogP contribution is 2.25. The standard InChI is InChI=1S/C27H35N5O/c1-27(2,3)28-25(33)21-31-16-10-15-30(17-18-31)19-23-20-32(24-13-8-5-9-14-24)29-26(23)22-11-6-4-7-12-22/h4-9,11-14,20H,10,15-19,21H2,1-3H3,(H,28,33). The lowest BCUT2D eigenvalue weighted by Gasteiger charge is -2.25.